The quantitative estimate of drug-likeness (QED) is 0.728. The number of aromatic nitrogens is 2. The summed E-state index contributed by atoms with van der Waals surface area (Å²) in [6, 6.07) is 9.59. The maximum absolute atomic E-state index is 13.3. The summed E-state index contributed by atoms with van der Waals surface area (Å²) in [6.45, 7) is 10.3. The van der Waals surface area contributed by atoms with Crippen molar-refractivity contribution in [1.29, 1.82) is 0 Å². The van der Waals surface area contributed by atoms with Crippen LogP contribution in [0.2, 0.25) is 0 Å². The number of carbonyl (C=O) groups excluding carboxylic acids is 2. The monoisotopic (exact) mass is 395 g/mol. The molecule has 1 saturated heterocycles. The third-order valence-corrected chi connectivity index (χ3v) is 5.35. The summed E-state index contributed by atoms with van der Waals surface area (Å²) < 4.78 is 0. The Kier molecular flexibility index (Phi) is 6.15. The van der Waals surface area contributed by atoms with Crippen LogP contribution in [0.25, 0.3) is 0 Å². The molecule has 0 bridgehead atoms. The van der Waals surface area contributed by atoms with E-state index in [4.69, 9.17) is 0 Å². The first-order valence-corrected chi connectivity index (χ1v) is 10.0. The van der Waals surface area contributed by atoms with E-state index >= 15 is 0 Å². The number of piperazine rings is 1. The number of benzene rings is 1. The summed E-state index contributed by atoms with van der Waals surface area (Å²) in [6.07, 6.45) is 3.43. The number of aryl methyl sites for hydroxylation is 1. The van der Waals surface area contributed by atoms with Crippen molar-refractivity contribution in [3.05, 3.63) is 48.3 Å². The van der Waals surface area contributed by atoms with Crippen LogP contribution in [-0.2, 0) is 9.59 Å². The van der Waals surface area contributed by atoms with Crippen LogP contribution in [-0.4, -0.2) is 59.4 Å². The topological polar surface area (TPSA) is 69.6 Å². The molecule has 1 aromatic carbocycles. The molecule has 2 aromatic rings. The second-order valence-electron chi connectivity index (χ2n) is 7.84. The maximum Gasteiger partial charge on any atom is 0.242 e. The van der Waals surface area contributed by atoms with Gasteiger partial charge in [-0.2, -0.15) is 0 Å². The van der Waals surface area contributed by atoms with Gasteiger partial charge in [-0.25, -0.2) is 9.97 Å². The van der Waals surface area contributed by atoms with E-state index in [1.807, 2.05) is 38.1 Å². The molecule has 2 amide bonds. The van der Waals surface area contributed by atoms with Crippen molar-refractivity contribution >= 4 is 23.5 Å². The van der Waals surface area contributed by atoms with Gasteiger partial charge in [0.15, 0.2) is 0 Å². The van der Waals surface area contributed by atoms with Crippen molar-refractivity contribution in [3.63, 3.8) is 0 Å². The Bertz CT molecular complexity index is 861. The van der Waals surface area contributed by atoms with Crippen LogP contribution in [0.5, 0.6) is 0 Å². The molecule has 7 nitrogen and oxygen atoms in total. The lowest BCUT2D eigenvalue weighted by atomic mass is 9.88. The average Bonchev–Trinajstić information content (AvgIpc) is 2.74. The van der Waals surface area contributed by atoms with Crippen molar-refractivity contribution < 1.29 is 9.59 Å². The van der Waals surface area contributed by atoms with E-state index in [1.54, 1.807) is 42.1 Å². The molecule has 0 unspecified atom stereocenters. The standard InChI is InChI=1S/C22H29N5O2/c1-5-27(18-9-6-8-17(2)16-18)20(29)22(3,4)19(28)25-12-14-26(15-13-25)21-23-10-7-11-24-21/h6-11,16H,5,12-15H2,1-4H3. The number of rotatable bonds is 5. The Labute approximate surface area is 172 Å². The number of anilines is 2. The summed E-state index contributed by atoms with van der Waals surface area (Å²) in [7, 11) is 0. The van der Waals surface area contributed by atoms with Crippen molar-refractivity contribution in [3.8, 4) is 0 Å². The van der Waals surface area contributed by atoms with Crippen LogP contribution in [0, 0.1) is 12.3 Å². The van der Waals surface area contributed by atoms with Crippen molar-refractivity contribution in [2.75, 3.05) is 42.5 Å². The lowest BCUT2D eigenvalue weighted by Gasteiger charge is -2.39. The van der Waals surface area contributed by atoms with Gasteiger partial charge in [-0.05, 0) is 51.5 Å². The highest BCUT2D eigenvalue weighted by Crippen LogP contribution is 2.27. The number of amides is 2. The number of nitrogens with zero attached hydrogens (tertiary/aromatic N) is 5. The summed E-state index contributed by atoms with van der Waals surface area (Å²) in [5, 5.41) is 0. The molecular weight excluding hydrogens is 366 g/mol. The predicted octanol–water partition coefficient (Wildman–Crippen LogP) is 2.51. The molecule has 1 aliphatic heterocycles. The largest absolute Gasteiger partial charge is 0.338 e. The van der Waals surface area contributed by atoms with E-state index in [0.717, 1.165) is 11.3 Å². The molecule has 0 aliphatic carbocycles. The van der Waals surface area contributed by atoms with Crippen molar-refractivity contribution in [2.24, 2.45) is 5.41 Å². The van der Waals surface area contributed by atoms with Crippen LogP contribution in [0.4, 0.5) is 11.6 Å². The highest BCUT2D eigenvalue weighted by atomic mass is 16.2. The van der Waals surface area contributed by atoms with Crippen LogP contribution >= 0.6 is 0 Å². The van der Waals surface area contributed by atoms with Gasteiger partial charge in [-0.3, -0.25) is 9.59 Å². The van der Waals surface area contributed by atoms with E-state index in [0.29, 0.717) is 38.7 Å². The molecule has 0 atom stereocenters. The highest BCUT2D eigenvalue weighted by Gasteiger charge is 2.42. The third kappa shape index (κ3) is 4.39. The van der Waals surface area contributed by atoms with Gasteiger partial charge < -0.3 is 14.7 Å². The van der Waals surface area contributed by atoms with E-state index < -0.39 is 5.41 Å². The zero-order chi connectivity index (χ0) is 21.0. The predicted molar refractivity (Wildman–Crippen MR) is 114 cm³/mol. The van der Waals surface area contributed by atoms with Gasteiger partial charge in [-0.15, -0.1) is 0 Å². The Morgan fingerprint density at radius 2 is 1.72 bits per heavy atom. The first-order valence-electron chi connectivity index (χ1n) is 10.0. The molecule has 0 spiro atoms. The summed E-state index contributed by atoms with van der Waals surface area (Å²) in [4.78, 5) is 40.7. The fourth-order valence-corrected chi connectivity index (χ4v) is 3.63. The van der Waals surface area contributed by atoms with E-state index in [1.165, 1.54) is 0 Å². The van der Waals surface area contributed by atoms with Crippen molar-refractivity contribution in [1.82, 2.24) is 14.9 Å². The minimum absolute atomic E-state index is 0.137. The zero-order valence-electron chi connectivity index (χ0n) is 17.6. The van der Waals surface area contributed by atoms with Gasteiger partial charge in [0.05, 0.1) is 0 Å². The molecule has 0 radical (unpaired) electrons. The van der Waals surface area contributed by atoms with Crippen LogP contribution in [0.3, 0.4) is 0 Å². The van der Waals surface area contributed by atoms with Gasteiger partial charge in [0, 0.05) is 50.8 Å². The van der Waals surface area contributed by atoms with Gasteiger partial charge in [0.1, 0.15) is 5.41 Å². The molecule has 1 aromatic heterocycles. The molecule has 29 heavy (non-hydrogen) atoms. The number of carbonyl (C=O) groups is 2. The summed E-state index contributed by atoms with van der Waals surface area (Å²) >= 11 is 0. The van der Waals surface area contributed by atoms with Crippen LogP contribution in [0.1, 0.15) is 26.3 Å². The fourth-order valence-electron chi connectivity index (χ4n) is 3.63. The Hall–Kier alpha value is -2.96. The van der Waals surface area contributed by atoms with Gasteiger partial charge in [0.25, 0.3) is 0 Å². The smallest absolute Gasteiger partial charge is 0.242 e. The van der Waals surface area contributed by atoms with Gasteiger partial charge in [0.2, 0.25) is 17.8 Å². The fraction of sp³-hybridized carbons (Fsp3) is 0.455. The number of hydrogen-bond donors (Lipinski definition) is 0. The van der Waals surface area contributed by atoms with Crippen LogP contribution < -0.4 is 9.80 Å². The van der Waals surface area contributed by atoms with E-state index in [-0.39, 0.29) is 11.8 Å². The van der Waals surface area contributed by atoms with E-state index in [9.17, 15) is 9.59 Å². The van der Waals surface area contributed by atoms with E-state index in [2.05, 4.69) is 14.9 Å². The molecule has 154 valence electrons. The maximum atomic E-state index is 13.3. The molecule has 3 rings (SSSR count). The molecule has 1 fully saturated rings. The van der Waals surface area contributed by atoms with Crippen LogP contribution in [0.15, 0.2) is 42.7 Å². The normalized spacial score (nSPS) is 14.6. The first kappa shape index (κ1) is 20.8. The average molecular weight is 396 g/mol. The molecule has 0 N–H and O–H groups in total. The lowest BCUT2D eigenvalue weighted by molar-refractivity contribution is -0.147. The SMILES string of the molecule is CCN(C(=O)C(C)(C)C(=O)N1CCN(c2ncccn2)CC1)c1cccc(C)c1. The van der Waals surface area contributed by atoms with Gasteiger partial charge >= 0.3 is 0 Å². The Morgan fingerprint density at radius 1 is 1.07 bits per heavy atom. The highest BCUT2D eigenvalue weighted by molar-refractivity contribution is 6.11. The first-order chi connectivity index (χ1) is 13.8. The number of hydrogen-bond acceptors (Lipinski definition) is 5. The molecular formula is C22H29N5O2. The molecule has 7 heteroatoms. The summed E-state index contributed by atoms with van der Waals surface area (Å²) in [5.74, 6) is 0.359. The Morgan fingerprint density at radius 3 is 2.31 bits per heavy atom. The zero-order valence-corrected chi connectivity index (χ0v) is 17.6. The second kappa shape index (κ2) is 8.59. The minimum Gasteiger partial charge on any atom is -0.338 e. The Balaban J connectivity index is 1.70. The molecule has 1 aliphatic rings. The lowest BCUT2D eigenvalue weighted by Crippen LogP contribution is -2.56. The molecule has 0 saturated carbocycles. The third-order valence-electron chi connectivity index (χ3n) is 5.35. The summed E-state index contributed by atoms with van der Waals surface area (Å²) in [5.41, 5.74) is 0.770. The van der Waals surface area contributed by atoms with Gasteiger partial charge in [-0.1, -0.05) is 12.1 Å². The minimum atomic E-state index is -1.13. The van der Waals surface area contributed by atoms with Crippen molar-refractivity contribution in [2.45, 2.75) is 27.7 Å². The molecule has 2 heterocycles. The second-order valence-corrected chi connectivity index (χ2v) is 7.84.